The number of sulfonamides is 1. The summed E-state index contributed by atoms with van der Waals surface area (Å²) in [4.78, 5) is 12.5. The molecule has 3 aromatic rings. The summed E-state index contributed by atoms with van der Waals surface area (Å²) in [5.74, 6) is 0.849. The highest BCUT2D eigenvalue weighted by molar-refractivity contribution is 7.89. The average Bonchev–Trinajstić information content (AvgIpc) is 3.65. The molecule has 3 aromatic carbocycles. The van der Waals surface area contributed by atoms with Crippen molar-refractivity contribution >= 4 is 16.0 Å². The largest absolute Gasteiger partial charge is 0.493 e. The van der Waals surface area contributed by atoms with Crippen molar-refractivity contribution in [2.75, 3.05) is 41.8 Å². The van der Waals surface area contributed by atoms with Gasteiger partial charge in [0, 0.05) is 17.7 Å². The Labute approximate surface area is 250 Å². The number of fused-ring (bicyclic) bond motifs is 1. The molecule has 2 aliphatic heterocycles. The molecule has 0 radical (unpaired) electrons. The molecule has 0 saturated carbocycles. The van der Waals surface area contributed by atoms with E-state index in [1.165, 1.54) is 28.4 Å². The fraction of sp³-hybridized carbons (Fsp3) is 0.345. The molecule has 2 unspecified atom stereocenters. The minimum atomic E-state index is -4.60. The quantitative estimate of drug-likeness (QED) is 0.235. The Hall–Kier alpha value is -4.21. The molecular weight excluding hydrogens is 611 g/mol. The molecule has 0 aromatic heterocycles. The zero-order valence-electron chi connectivity index (χ0n) is 23.9. The Morgan fingerprint density at radius 3 is 2.27 bits per heavy atom. The monoisotopic (exact) mass is 639 g/mol. The van der Waals surface area contributed by atoms with Gasteiger partial charge in [-0.25, -0.2) is 17.9 Å². The number of carbonyl (C=O) groups is 1. The summed E-state index contributed by atoms with van der Waals surface area (Å²) in [5.41, 5.74) is 0.757. The van der Waals surface area contributed by atoms with Crippen LogP contribution < -0.4 is 28.4 Å². The molecule has 15 heteroatoms. The van der Waals surface area contributed by atoms with Gasteiger partial charge in [-0.05, 0) is 48.4 Å². The van der Waals surface area contributed by atoms with Crippen LogP contribution >= 0.6 is 0 Å². The predicted molar refractivity (Wildman–Crippen MR) is 147 cm³/mol. The van der Waals surface area contributed by atoms with Crippen LogP contribution in [0.25, 0.3) is 0 Å². The Bertz CT molecular complexity index is 1680. The normalized spacial score (nSPS) is 17.2. The Balaban J connectivity index is 1.45. The fourth-order valence-corrected chi connectivity index (χ4v) is 6.12. The second-order valence-electron chi connectivity index (χ2n) is 9.62. The van der Waals surface area contributed by atoms with E-state index in [0.29, 0.717) is 51.8 Å². The van der Waals surface area contributed by atoms with E-state index >= 15 is 0 Å². The number of nitrogens with one attached hydrogen (secondary N) is 1. The van der Waals surface area contributed by atoms with Crippen LogP contribution in [-0.2, 0) is 32.1 Å². The summed E-state index contributed by atoms with van der Waals surface area (Å²) in [7, 11) is 1.36. The van der Waals surface area contributed by atoms with Gasteiger partial charge in [0.05, 0.1) is 38.9 Å². The van der Waals surface area contributed by atoms with Gasteiger partial charge in [0.15, 0.2) is 23.0 Å². The van der Waals surface area contributed by atoms with Crippen molar-refractivity contribution < 1.29 is 59.5 Å². The van der Waals surface area contributed by atoms with Crippen LogP contribution in [0.5, 0.6) is 28.7 Å². The third kappa shape index (κ3) is 5.81. The lowest BCUT2D eigenvalue weighted by Crippen LogP contribution is -2.26. The summed E-state index contributed by atoms with van der Waals surface area (Å²) in [6, 6.07) is 8.17. The van der Waals surface area contributed by atoms with Crippen molar-refractivity contribution in [1.29, 1.82) is 0 Å². The molecule has 5 rings (SSSR count). The topological polar surface area (TPSA) is 131 Å². The van der Waals surface area contributed by atoms with Gasteiger partial charge in [-0.15, -0.1) is 0 Å². The molecule has 1 fully saturated rings. The molecule has 0 spiro atoms. The van der Waals surface area contributed by atoms with Crippen LogP contribution in [0.1, 0.15) is 44.8 Å². The van der Waals surface area contributed by atoms with Crippen molar-refractivity contribution in [3.8, 4) is 28.7 Å². The van der Waals surface area contributed by atoms with Crippen molar-refractivity contribution in [2.24, 2.45) is 0 Å². The molecule has 2 heterocycles. The SMILES string of the molecule is COC(=O)c1c(C2OC2c2c(CCNS(=O)(=O)c3ccc(C(F)(F)F)cc3)cc3c(c2OC)OCO3)ccc(OC)c1OC. The van der Waals surface area contributed by atoms with Crippen LogP contribution in [0.3, 0.4) is 0 Å². The van der Waals surface area contributed by atoms with E-state index in [4.69, 9.17) is 33.2 Å². The van der Waals surface area contributed by atoms with Crippen LogP contribution in [0, 0.1) is 0 Å². The number of ether oxygens (including phenoxy) is 7. The lowest BCUT2D eigenvalue weighted by atomic mass is 9.93. The lowest BCUT2D eigenvalue weighted by Gasteiger charge is -2.17. The first-order chi connectivity index (χ1) is 20.9. The van der Waals surface area contributed by atoms with Gasteiger partial charge in [0.25, 0.3) is 0 Å². The van der Waals surface area contributed by atoms with Gasteiger partial charge in [-0.3, -0.25) is 0 Å². The summed E-state index contributed by atoms with van der Waals surface area (Å²) in [6.45, 7) is -0.188. The number of halogens is 3. The molecule has 0 amide bonds. The maximum atomic E-state index is 12.9. The first kappa shape index (κ1) is 31.2. The average molecular weight is 640 g/mol. The van der Waals surface area contributed by atoms with E-state index in [2.05, 4.69) is 4.72 Å². The number of esters is 1. The van der Waals surface area contributed by atoms with Crippen molar-refractivity contribution in [2.45, 2.75) is 29.7 Å². The standard InChI is InChI=1S/C29H28F3NO10S/c1-37-19-10-9-18(22(24(19)38-2)28(34)40-4)23-27(43-23)21-15(13-20-25(26(21)39-3)42-14-41-20)11-12-33-44(35,36)17-7-5-16(6-8-17)29(30,31)32/h5-10,13,23,27,33H,11-12,14H2,1-4H3. The van der Waals surface area contributed by atoms with E-state index < -0.39 is 39.9 Å². The van der Waals surface area contributed by atoms with E-state index in [1.54, 1.807) is 18.2 Å². The number of methoxy groups -OCH3 is 4. The van der Waals surface area contributed by atoms with E-state index in [0.717, 1.165) is 12.1 Å². The van der Waals surface area contributed by atoms with Crippen LogP contribution in [0.15, 0.2) is 47.4 Å². The maximum Gasteiger partial charge on any atom is 0.416 e. The third-order valence-corrected chi connectivity index (χ3v) is 8.65. The summed E-state index contributed by atoms with van der Waals surface area (Å²) < 4.78 is 106. The second kappa shape index (κ2) is 12.1. The summed E-state index contributed by atoms with van der Waals surface area (Å²) in [6.07, 6.45) is -5.78. The Morgan fingerprint density at radius 1 is 0.955 bits per heavy atom. The highest BCUT2D eigenvalue weighted by atomic mass is 32.2. The van der Waals surface area contributed by atoms with Gasteiger partial charge < -0.3 is 33.2 Å². The second-order valence-corrected chi connectivity index (χ2v) is 11.4. The number of hydrogen-bond donors (Lipinski definition) is 1. The molecular formula is C29H28F3NO10S. The van der Waals surface area contributed by atoms with Gasteiger partial charge >= 0.3 is 12.1 Å². The zero-order chi connectivity index (χ0) is 31.8. The predicted octanol–water partition coefficient (Wildman–Crippen LogP) is 4.58. The van der Waals surface area contributed by atoms with Gasteiger partial charge in [-0.2, -0.15) is 13.2 Å². The van der Waals surface area contributed by atoms with E-state index in [-0.39, 0.29) is 36.0 Å². The molecule has 2 atom stereocenters. The Kier molecular flexibility index (Phi) is 8.55. The highest BCUT2D eigenvalue weighted by Gasteiger charge is 2.48. The minimum Gasteiger partial charge on any atom is -0.493 e. The number of alkyl halides is 3. The van der Waals surface area contributed by atoms with Crippen LogP contribution in [0.2, 0.25) is 0 Å². The molecule has 0 aliphatic carbocycles. The summed E-state index contributed by atoms with van der Waals surface area (Å²) >= 11 is 0. The van der Waals surface area contributed by atoms with Gasteiger partial charge in [-0.1, -0.05) is 6.07 Å². The van der Waals surface area contributed by atoms with Crippen LogP contribution in [0.4, 0.5) is 13.2 Å². The van der Waals surface area contributed by atoms with Gasteiger partial charge in [0.2, 0.25) is 22.6 Å². The van der Waals surface area contributed by atoms with Crippen molar-refractivity contribution in [3.05, 3.63) is 70.3 Å². The lowest BCUT2D eigenvalue weighted by molar-refractivity contribution is -0.137. The first-order valence-electron chi connectivity index (χ1n) is 13.1. The summed E-state index contributed by atoms with van der Waals surface area (Å²) in [5, 5.41) is 0. The van der Waals surface area contributed by atoms with Crippen molar-refractivity contribution in [1.82, 2.24) is 4.72 Å². The zero-order valence-corrected chi connectivity index (χ0v) is 24.8. The molecule has 44 heavy (non-hydrogen) atoms. The molecule has 1 N–H and O–H groups in total. The number of rotatable bonds is 11. The van der Waals surface area contributed by atoms with E-state index in [9.17, 15) is 26.4 Å². The molecule has 236 valence electrons. The number of benzene rings is 3. The maximum absolute atomic E-state index is 12.9. The third-order valence-electron chi connectivity index (χ3n) is 7.18. The number of hydrogen-bond acceptors (Lipinski definition) is 10. The Morgan fingerprint density at radius 2 is 1.66 bits per heavy atom. The minimum absolute atomic E-state index is 0.0632. The van der Waals surface area contributed by atoms with E-state index in [1.807, 2.05) is 0 Å². The highest BCUT2D eigenvalue weighted by Crippen LogP contribution is 2.59. The molecule has 2 aliphatic rings. The number of carbonyl (C=O) groups excluding carboxylic acids is 1. The van der Waals surface area contributed by atoms with Crippen LogP contribution in [-0.4, -0.2) is 56.2 Å². The smallest absolute Gasteiger partial charge is 0.416 e. The van der Waals surface area contributed by atoms with Crippen molar-refractivity contribution in [3.63, 3.8) is 0 Å². The first-order valence-corrected chi connectivity index (χ1v) is 14.6. The molecule has 1 saturated heterocycles. The molecule has 0 bridgehead atoms. The molecule has 11 nitrogen and oxygen atoms in total. The number of epoxide rings is 1. The van der Waals surface area contributed by atoms with Gasteiger partial charge in [0.1, 0.15) is 17.8 Å². The fourth-order valence-electron chi connectivity index (χ4n) is 5.09.